The average Bonchev–Trinajstić information content (AvgIpc) is 2.48. The standard InChI is InChI=1S/C6H6FN/c7-2-1-5-3-6(5)4-8/h1-2,5-6H,3H2. The summed E-state index contributed by atoms with van der Waals surface area (Å²) in [6.45, 7) is 0. The summed E-state index contributed by atoms with van der Waals surface area (Å²) in [7, 11) is 0. The summed E-state index contributed by atoms with van der Waals surface area (Å²) in [4.78, 5) is 0. The molecule has 0 N–H and O–H groups in total. The number of rotatable bonds is 1. The van der Waals surface area contributed by atoms with Gasteiger partial charge in [-0.2, -0.15) is 5.26 Å². The number of halogens is 1. The molecule has 8 heavy (non-hydrogen) atoms. The third-order valence-corrected chi connectivity index (χ3v) is 1.33. The smallest absolute Gasteiger partial charge is 0.0830 e. The molecule has 0 aromatic rings. The van der Waals surface area contributed by atoms with Crippen molar-refractivity contribution in [3.8, 4) is 6.07 Å². The molecule has 1 aliphatic carbocycles. The van der Waals surface area contributed by atoms with E-state index in [1.165, 1.54) is 6.08 Å². The molecule has 1 fully saturated rings. The molecular formula is C6H6FN. The van der Waals surface area contributed by atoms with Crippen LogP contribution in [0.2, 0.25) is 0 Å². The Kier molecular flexibility index (Phi) is 1.29. The van der Waals surface area contributed by atoms with E-state index in [4.69, 9.17) is 5.26 Å². The third kappa shape index (κ3) is 0.865. The van der Waals surface area contributed by atoms with Crippen LogP contribution in [0.15, 0.2) is 12.4 Å². The molecular weight excluding hydrogens is 105 g/mol. The molecule has 2 atom stereocenters. The highest BCUT2D eigenvalue weighted by atomic mass is 19.1. The first-order valence-electron chi connectivity index (χ1n) is 2.55. The van der Waals surface area contributed by atoms with Crippen LogP contribution in [-0.4, -0.2) is 0 Å². The fraction of sp³-hybridized carbons (Fsp3) is 0.500. The van der Waals surface area contributed by atoms with Crippen LogP contribution in [0.4, 0.5) is 4.39 Å². The summed E-state index contributed by atoms with van der Waals surface area (Å²) in [6.07, 6.45) is 2.80. The second kappa shape index (κ2) is 1.95. The Morgan fingerprint density at radius 3 is 2.88 bits per heavy atom. The maximum Gasteiger partial charge on any atom is 0.0830 e. The van der Waals surface area contributed by atoms with Crippen molar-refractivity contribution >= 4 is 0 Å². The lowest BCUT2D eigenvalue weighted by Gasteiger charge is -1.72. The Bertz CT molecular complexity index is 145. The Morgan fingerprint density at radius 2 is 2.50 bits per heavy atom. The zero-order valence-electron chi connectivity index (χ0n) is 4.34. The molecule has 42 valence electrons. The van der Waals surface area contributed by atoms with Crippen molar-refractivity contribution in [3.63, 3.8) is 0 Å². The maximum absolute atomic E-state index is 11.3. The summed E-state index contributed by atoms with van der Waals surface area (Å²) in [6, 6.07) is 2.06. The number of hydrogen-bond acceptors (Lipinski definition) is 1. The van der Waals surface area contributed by atoms with Crippen molar-refractivity contribution in [3.05, 3.63) is 12.4 Å². The topological polar surface area (TPSA) is 23.8 Å². The van der Waals surface area contributed by atoms with Gasteiger partial charge in [-0.25, -0.2) is 4.39 Å². The Labute approximate surface area is 47.4 Å². The van der Waals surface area contributed by atoms with Gasteiger partial charge in [-0.1, -0.05) is 6.08 Å². The summed E-state index contributed by atoms with van der Waals surface area (Å²) in [5, 5.41) is 8.20. The van der Waals surface area contributed by atoms with Crippen LogP contribution in [0, 0.1) is 23.2 Å². The van der Waals surface area contributed by atoms with Gasteiger partial charge >= 0.3 is 0 Å². The van der Waals surface area contributed by atoms with Crippen molar-refractivity contribution in [2.45, 2.75) is 6.42 Å². The zero-order chi connectivity index (χ0) is 5.98. The summed E-state index contributed by atoms with van der Waals surface area (Å²) < 4.78 is 11.3. The molecule has 2 unspecified atom stereocenters. The van der Waals surface area contributed by atoms with E-state index in [9.17, 15) is 4.39 Å². The molecule has 0 saturated heterocycles. The highest BCUT2D eigenvalue weighted by Crippen LogP contribution is 2.38. The minimum absolute atomic E-state index is 0.0991. The lowest BCUT2D eigenvalue weighted by Crippen LogP contribution is -1.68. The minimum atomic E-state index is 0.0991. The predicted molar refractivity (Wildman–Crippen MR) is 27.5 cm³/mol. The van der Waals surface area contributed by atoms with Gasteiger partial charge in [0.1, 0.15) is 0 Å². The highest BCUT2D eigenvalue weighted by molar-refractivity contribution is 5.09. The van der Waals surface area contributed by atoms with Crippen molar-refractivity contribution in [1.29, 1.82) is 5.26 Å². The molecule has 0 bridgehead atoms. The molecule has 0 aliphatic heterocycles. The normalized spacial score (nSPS) is 35.0. The van der Waals surface area contributed by atoms with Crippen LogP contribution in [0.3, 0.4) is 0 Å². The van der Waals surface area contributed by atoms with Gasteiger partial charge in [0.15, 0.2) is 0 Å². The first-order valence-corrected chi connectivity index (χ1v) is 2.55. The van der Waals surface area contributed by atoms with Gasteiger partial charge in [-0.05, 0) is 12.3 Å². The van der Waals surface area contributed by atoms with Crippen molar-refractivity contribution in [2.75, 3.05) is 0 Å². The third-order valence-electron chi connectivity index (χ3n) is 1.33. The molecule has 1 rings (SSSR count). The van der Waals surface area contributed by atoms with Crippen molar-refractivity contribution < 1.29 is 4.39 Å². The summed E-state index contributed by atoms with van der Waals surface area (Å²) in [5.74, 6) is 0.312. The van der Waals surface area contributed by atoms with Gasteiger partial charge in [0, 0.05) is 0 Å². The van der Waals surface area contributed by atoms with Crippen LogP contribution < -0.4 is 0 Å². The number of nitrogens with zero attached hydrogens (tertiary/aromatic N) is 1. The second-order valence-electron chi connectivity index (χ2n) is 1.95. The second-order valence-corrected chi connectivity index (χ2v) is 1.95. The molecule has 0 spiro atoms. The predicted octanol–water partition coefficient (Wildman–Crippen LogP) is 1.63. The Hall–Kier alpha value is -0.840. The van der Waals surface area contributed by atoms with Crippen LogP contribution in [0.1, 0.15) is 6.42 Å². The molecule has 0 heterocycles. The van der Waals surface area contributed by atoms with Crippen LogP contribution in [-0.2, 0) is 0 Å². The molecule has 2 heteroatoms. The zero-order valence-corrected chi connectivity index (χ0v) is 4.34. The SMILES string of the molecule is N#CC1CC1C=CF. The highest BCUT2D eigenvalue weighted by Gasteiger charge is 2.34. The van der Waals surface area contributed by atoms with E-state index in [1.807, 2.05) is 0 Å². The molecule has 0 aromatic carbocycles. The van der Waals surface area contributed by atoms with Crippen LogP contribution in [0.25, 0.3) is 0 Å². The fourth-order valence-corrected chi connectivity index (χ4v) is 0.669. The quantitative estimate of drug-likeness (QED) is 0.504. The monoisotopic (exact) mass is 111 g/mol. The van der Waals surface area contributed by atoms with Crippen LogP contribution >= 0.6 is 0 Å². The molecule has 1 saturated carbocycles. The summed E-state index contributed by atoms with van der Waals surface area (Å²) >= 11 is 0. The van der Waals surface area contributed by atoms with E-state index in [2.05, 4.69) is 6.07 Å². The van der Waals surface area contributed by atoms with Gasteiger partial charge < -0.3 is 0 Å². The Balaban J connectivity index is 2.29. The fourth-order valence-electron chi connectivity index (χ4n) is 0.669. The maximum atomic E-state index is 11.3. The lowest BCUT2D eigenvalue weighted by atomic mass is 10.3. The number of nitriles is 1. The van der Waals surface area contributed by atoms with Gasteiger partial charge in [0.25, 0.3) is 0 Å². The van der Waals surface area contributed by atoms with Crippen LogP contribution in [0.5, 0.6) is 0 Å². The molecule has 0 radical (unpaired) electrons. The first kappa shape index (κ1) is 5.30. The molecule has 0 aromatic heterocycles. The molecule has 1 nitrogen and oxygen atoms in total. The first-order chi connectivity index (χ1) is 3.88. The largest absolute Gasteiger partial charge is 0.216 e. The minimum Gasteiger partial charge on any atom is -0.216 e. The summed E-state index contributed by atoms with van der Waals surface area (Å²) in [5.41, 5.74) is 0. The van der Waals surface area contributed by atoms with E-state index in [-0.39, 0.29) is 11.8 Å². The van der Waals surface area contributed by atoms with Gasteiger partial charge in [-0.3, -0.25) is 0 Å². The van der Waals surface area contributed by atoms with E-state index >= 15 is 0 Å². The number of hydrogen-bond donors (Lipinski definition) is 0. The number of allylic oxidation sites excluding steroid dienone is 1. The van der Waals surface area contributed by atoms with Gasteiger partial charge in [0.2, 0.25) is 0 Å². The van der Waals surface area contributed by atoms with Gasteiger partial charge in [-0.15, -0.1) is 0 Å². The van der Waals surface area contributed by atoms with E-state index in [0.717, 1.165) is 6.42 Å². The van der Waals surface area contributed by atoms with Gasteiger partial charge in [0.05, 0.1) is 18.3 Å². The lowest BCUT2D eigenvalue weighted by molar-refractivity contribution is 0.710. The Morgan fingerprint density at radius 1 is 1.75 bits per heavy atom. The van der Waals surface area contributed by atoms with E-state index < -0.39 is 0 Å². The van der Waals surface area contributed by atoms with Crippen molar-refractivity contribution in [2.24, 2.45) is 11.8 Å². The van der Waals surface area contributed by atoms with E-state index in [0.29, 0.717) is 6.33 Å². The molecule has 1 aliphatic rings. The molecule has 0 amide bonds. The van der Waals surface area contributed by atoms with E-state index in [1.54, 1.807) is 0 Å². The van der Waals surface area contributed by atoms with Crippen molar-refractivity contribution in [1.82, 2.24) is 0 Å². The average molecular weight is 111 g/mol.